The quantitative estimate of drug-likeness (QED) is 0.584. The van der Waals surface area contributed by atoms with Gasteiger partial charge < -0.3 is 9.64 Å². The largest absolute Gasteiger partial charge is 0.466 e. The molecule has 1 heterocycles. The number of carbonyl (C=O) groups excluding carboxylic acids is 2. The number of esters is 1. The number of ether oxygens (including phenoxy) is 1. The molecule has 1 aromatic heterocycles. The molecule has 29 heavy (non-hydrogen) atoms. The Kier molecular flexibility index (Phi) is 8.37. The van der Waals surface area contributed by atoms with Gasteiger partial charge >= 0.3 is 5.97 Å². The molecule has 0 spiro atoms. The first-order chi connectivity index (χ1) is 13.9. The Bertz CT molecular complexity index is 767. The fourth-order valence-corrected chi connectivity index (χ4v) is 3.90. The molecular weight excluding hydrogens is 364 g/mol. The molecule has 1 aromatic carbocycles. The van der Waals surface area contributed by atoms with Crippen molar-refractivity contribution in [2.45, 2.75) is 65.0 Å². The molecule has 2 rings (SSSR count). The van der Waals surface area contributed by atoms with Crippen molar-refractivity contribution >= 4 is 11.9 Å². The Morgan fingerprint density at radius 1 is 0.966 bits per heavy atom. The van der Waals surface area contributed by atoms with E-state index in [1.165, 1.54) is 0 Å². The highest BCUT2D eigenvalue weighted by Crippen LogP contribution is 2.38. The summed E-state index contributed by atoms with van der Waals surface area (Å²) in [7, 11) is 0. The van der Waals surface area contributed by atoms with Gasteiger partial charge in [-0.25, -0.2) is 0 Å². The van der Waals surface area contributed by atoms with Crippen molar-refractivity contribution in [3.8, 4) is 0 Å². The zero-order valence-electron chi connectivity index (χ0n) is 18.0. The second-order valence-corrected chi connectivity index (χ2v) is 7.72. The number of benzene rings is 1. The van der Waals surface area contributed by atoms with Gasteiger partial charge in [0.1, 0.15) is 0 Å². The van der Waals surface area contributed by atoms with E-state index in [0.717, 1.165) is 11.1 Å². The predicted octanol–water partition coefficient (Wildman–Crippen LogP) is 4.55. The van der Waals surface area contributed by atoms with E-state index in [2.05, 4.69) is 4.98 Å². The monoisotopic (exact) mass is 396 g/mol. The first kappa shape index (κ1) is 22.6. The highest BCUT2D eigenvalue weighted by molar-refractivity contribution is 5.86. The summed E-state index contributed by atoms with van der Waals surface area (Å²) in [4.78, 5) is 32.4. The van der Waals surface area contributed by atoms with Crippen molar-refractivity contribution in [1.82, 2.24) is 9.88 Å². The molecule has 0 radical (unpaired) electrons. The van der Waals surface area contributed by atoms with Gasteiger partial charge in [0.2, 0.25) is 5.91 Å². The minimum absolute atomic E-state index is 0.0133. The van der Waals surface area contributed by atoms with Crippen LogP contribution in [0.1, 0.15) is 64.0 Å². The van der Waals surface area contributed by atoms with Crippen LogP contribution in [-0.2, 0) is 14.3 Å². The van der Waals surface area contributed by atoms with Crippen LogP contribution in [0.15, 0.2) is 54.9 Å². The van der Waals surface area contributed by atoms with Gasteiger partial charge in [-0.3, -0.25) is 14.6 Å². The maximum absolute atomic E-state index is 13.8. The summed E-state index contributed by atoms with van der Waals surface area (Å²) in [6.07, 6.45) is 3.55. The molecule has 0 fully saturated rings. The first-order valence-corrected chi connectivity index (χ1v) is 10.3. The lowest BCUT2D eigenvalue weighted by Crippen LogP contribution is -2.46. The van der Waals surface area contributed by atoms with Gasteiger partial charge in [-0.05, 0) is 51.8 Å². The average Bonchev–Trinajstić information content (AvgIpc) is 2.68. The molecule has 0 saturated heterocycles. The molecule has 0 N–H and O–H groups in total. The predicted molar refractivity (Wildman–Crippen MR) is 115 cm³/mol. The van der Waals surface area contributed by atoms with Gasteiger partial charge in [0.05, 0.1) is 18.9 Å². The van der Waals surface area contributed by atoms with Crippen molar-refractivity contribution in [3.05, 3.63) is 66.0 Å². The van der Waals surface area contributed by atoms with E-state index in [4.69, 9.17) is 4.74 Å². The topological polar surface area (TPSA) is 59.5 Å². The SMILES string of the molecule is CCOC(=O)CC(c1cccnc1)C(C(=O)N(C(C)C)C(C)C)c1ccccc1. The summed E-state index contributed by atoms with van der Waals surface area (Å²) in [6.45, 7) is 10.2. The Hall–Kier alpha value is -2.69. The van der Waals surface area contributed by atoms with E-state index in [0.29, 0.717) is 6.61 Å². The summed E-state index contributed by atoms with van der Waals surface area (Å²) in [5, 5.41) is 0. The number of nitrogens with zero attached hydrogens (tertiary/aromatic N) is 2. The number of hydrogen-bond acceptors (Lipinski definition) is 4. The number of hydrogen-bond donors (Lipinski definition) is 0. The Balaban J connectivity index is 2.58. The zero-order valence-corrected chi connectivity index (χ0v) is 18.0. The molecule has 1 amide bonds. The Morgan fingerprint density at radius 3 is 2.10 bits per heavy atom. The molecule has 0 bridgehead atoms. The van der Waals surface area contributed by atoms with E-state index < -0.39 is 5.92 Å². The van der Waals surface area contributed by atoms with Crippen LogP contribution in [0.5, 0.6) is 0 Å². The maximum Gasteiger partial charge on any atom is 0.306 e. The van der Waals surface area contributed by atoms with Crippen LogP contribution < -0.4 is 0 Å². The lowest BCUT2D eigenvalue weighted by atomic mass is 9.78. The molecule has 156 valence electrons. The molecule has 5 nitrogen and oxygen atoms in total. The Labute approximate surface area is 174 Å². The second-order valence-electron chi connectivity index (χ2n) is 7.72. The maximum atomic E-state index is 13.8. The summed E-state index contributed by atoms with van der Waals surface area (Å²) >= 11 is 0. The van der Waals surface area contributed by atoms with Crippen LogP contribution in [-0.4, -0.2) is 40.5 Å². The van der Waals surface area contributed by atoms with Gasteiger partial charge in [-0.15, -0.1) is 0 Å². The number of rotatable bonds is 9. The molecule has 0 saturated carbocycles. The highest BCUT2D eigenvalue weighted by atomic mass is 16.5. The average molecular weight is 397 g/mol. The van der Waals surface area contributed by atoms with Crippen LogP contribution in [0.3, 0.4) is 0 Å². The third-order valence-corrected chi connectivity index (χ3v) is 5.00. The van der Waals surface area contributed by atoms with Gasteiger partial charge in [-0.2, -0.15) is 0 Å². The molecule has 2 aromatic rings. The fourth-order valence-electron chi connectivity index (χ4n) is 3.90. The van der Waals surface area contributed by atoms with Crippen molar-refractivity contribution in [2.75, 3.05) is 6.61 Å². The van der Waals surface area contributed by atoms with Gasteiger partial charge in [0, 0.05) is 30.4 Å². The fraction of sp³-hybridized carbons (Fsp3) is 0.458. The number of amides is 1. The summed E-state index contributed by atoms with van der Waals surface area (Å²) in [6, 6.07) is 13.5. The van der Waals surface area contributed by atoms with Crippen LogP contribution in [0, 0.1) is 0 Å². The van der Waals surface area contributed by atoms with E-state index in [9.17, 15) is 9.59 Å². The standard InChI is InChI=1S/C24H32N2O3/c1-6-29-22(27)15-21(20-13-10-14-25-16-20)23(19-11-8-7-9-12-19)24(28)26(17(2)3)18(4)5/h7-14,16-18,21,23H,6,15H2,1-5H3. The summed E-state index contributed by atoms with van der Waals surface area (Å²) in [5.74, 6) is -1.16. The van der Waals surface area contributed by atoms with Crippen LogP contribution in [0.4, 0.5) is 0 Å². The lowest BCUT2D eigenvalue weighted by Gasteiger charge is -2.37. The smallest absolute Gasteiger partial charge is 0.306 e. The normalized spacial score (nSPS) is 13.2. The van der Waals surface area contributed by atoms with Gasteiger partial charge in [0.25, 0.3) is 0 Å². The van der Waals surface area contributed by atoms with E-state index in [-0.39, 0.29) is 36.3 Å². The minimum atomic E-state index is -0.505. The van der Waals surface area contributed by atoms with E-state index in [1.54, 1.807) is 19.3 Å². The van der Waals surface area contributed by atoms with Crippen molar-refractivity contribution in [1.29, 1.82) is 0 Å². The second kappa shape index (κ2) is 10.7. The number of carbonyl (C=O) groups is 2. The molecule has 5 heteroatoms. The van der Waals surface area contributed by atoms with Gasteiger partial charge in [0.15, 0.2) is 0 Å². The van der Waals surface area contributed by atoms with Crippen molar-refractivity contribution in [3.63, 3.8) is 0 Å². The molecule has 2 atom stereocenters. The molecular formula is C24H32N2O3. The lowest BCUT2D eigenvalue weighted by molar-refractivity contribution is -0.144. The molecule has 0 aliphatic carbocycles. The van der Waals surface area contributed by atoms with E-state index in [1.807, 2.05) is 75.1 Å². The van der Waals surface area contributed by atoms with Crippen molar-refractivity contribution in [2.24, 2.45) is 0 Å². The summed E-state index contributed by atoms with van der Waals surface area (Å²) in [5.41, 5.74) is 1.75. The number of aromatic nitrogens is 1. The molecule has 0 aliphatic rings. The van der Waals surface area contributed by atoms with Crippen LogP contribution in [0.2, 0.25) is 0 Å². The van der Waals surface area contributed by atoms with E-state index >= 15 is 0 Å². The molecule has 0 aliphatic heterocycles. The minimum Gasteiger partial charge on any atom is -0.466 e. The third kappa shape index (κ3) is 5.89. The summed E-state index contributed by atoms with van der Waals surface area (Å²) < 4.78 is 5.23. The third-order valence-electron chi connectivity index (χ3n) is 5.00. The van der Waals surface area contributed by atoms with Crippen LogP contribution >= 0.6 is 0 Å². The number of pyridine rings is 1. The Morgan fingerprint density at radius 2 is 1.59 bits per heavy atom. The van der Waals surface area contributed by atoms with Crippen LogP contribution in [0.25, 0.3) is 0 Å². The van der Waals surface area contributed by atoms with Crippen molar-refractivity contribution < 1.29 is 14.3 Å². The van der Waals surface area contributed by atoms with Gasteiger partial charge in [-0.1, -0.05) is 36.4 Å². The first-order valence-electron chi connectivity index (χ1n) is 10.3. The zero-order chi connectivity index (χ0) is 21.4. The highest BCUT2D eigenvalue weighted by Gasteiger charge is 2.37. The molecule has 2 unspecified atom stereocenters.